The average Bonchev–Trinajstić information content (AvgIpc) is 2.21. The number of aliphatic hydroxyl groups is 1. The van der Waals surface area contributed by atoms with Gasteiger partial charge in [0.2, 0.25) is 5.91 Å². The first kappa shape index (κ1) is 15.2. The molecule has 0 saturated heterocycles. The van der Waals surface area contributed by atoms with Crippen LogP contribution in [0.15, 0.2) is 0 Å². The van der Waals surface area contributed by atoms with Gasteiger partial charge in [0.15, 0.2) is 6.10 Å². The van der Waals surface area contributed by atoms with E-state index < -0.39 is 30.8 Å². The SMILES string of the molecule is CCC(C)C(N)C(=O)NCC(O)C(F)(F)F. The molecular formula is C9H17F3N2O2. The number of carbonyl (C=O) groups excluding carboxylic acids is 1. The van der Waals surface area contributed by atoms with Gasteiger partial charge in [-0.2, -0.15) is 13.2 Å². The second kappa shape index (κ2) is 6.05. The van der Waals surface area contributed by atoms with Crippen molar-refractivity contribution in [1.82, 2.24) is 5.32 Å². The Morgan fingerprint density at radius 3 is 2.38 bits per heavy atom. The number of amides is 1. The summed E-state index contributed by atoms with van der Waals surface area (Å²) in [5.74, 6) is -0.805. The Kier molecular flexibility index (Phi) is 5.74. The van der Waals surface area contributed by atoms with Crippen molar-refractivity contribution < 1.29 is 23.1 Å². The van der Waals surface area contributed by atoms with Crippen molar-refractivity contribution in [1.29, 1.82) is 0 Å². The van der Waals surface area contributed by atoms with Crippen LogP contribution in [-0.4, -0.2) is 35.9 Å². The molecule has 0 rings (SSSR count). The number of aliphatic hydroxyl groups excluding tert-OH is 1. The third-order valence-corrected chi connectivity index (χ3v) is 2.41. The van der Waals surface area contributed by atoms with Gasteiger partial charge in [-0.05, 0) is 5.92 Å². The number of nitrogens with two attached hydrogens (primary N) is 1. The minimum Gasteiger partial charge on any atom is -0.382 e. The maximum Gasteiger partial charge on any atom is 0.416 e. The number of rotatable bonds is 5. The summed E-state index contributed by atoms with van der Waals surface area (Å²) in [4.78, 5) is 11.3. The third-order valence-electron chi connectivity index (χ3n) is 2.41. The highest BCUT2D eigenvalue weighted by atomic mass is 19.4. The molecule has 1 amide bonds. The normalized spacial score (nSPS) is 17.7. The first-order valence-corrected chi connectivity index (χ1v) is 4.98. The number of alkyl halides is 3. The third kappa shape index (κ3) is 4.80. The number of hydrogen-bond acceptors (Lipinski definition) is 3. The van der Waals surface area contributed by atoms with Crippen LogP contribution in [0.25, 0.3) is 0 Å². The largest absolute Gasteiger partial charge is 0.416 e. The maximum absolute atomic E-state index is 11.9. The first-order valence-electron chi connectivity index (χ1n) is 4.98. The van der Waals surface area contributed by atoms with Gasteiger partial charge in [0.25, 0.3) is 0 Å². The number of carbonyl (C=O) groups is 1. The van der Waals surface area contributed by atoms with Crippen LogP contribution < -0.4 is 11.1 Å². The van der Waals surface area contributed by atoms with Crippen molar-refractivity contribution in [3.8, 4) is 0 Å². The molecule has 0 aromatic rings. The van der Waals surface area contributed by atoms with E-state index in [4.69, 9.17) is 10.8 Å². The zero-order valence-electron chi connectivity index (χ0n) is 9.21. The summed E-state index contributed by atoms with van der Waals surface area (Å²) in [7, 11) is 0. The molecular weight excluding hydrogens is 225 g/mol. The van der Waals surface area contributed by atoms with Gasteiger partial charge in [0, 0.05) is 0 Å². The topological polar surface area (TPSA) is 75.4 Å². The van der Waals surface area contributed by atoms with Gasteiger partial charge in [-0.1, -0.05) is 20.3 Å². The van der Waals surface area contributed by atoms with Gasteiger partial charge in [-0.25, -0.2) is 0 Å². The van der Waals surface area contributed by atoms with Crippen LogP contribution in [0, 0.1) is 5.92 Å². The molecule has 0 aromatic carbocycles. The van der Waals surface area contributed by atoms with E-state index in [9.17, 15) is 18.0 Å². The molecule has 0 bridgehead atoms. The Labute approximate surface area is 92.0 Å². The lowest BCUT2D eigenvalue weighted by Crippen LogP contribution is -2.48. The van der Waals surface area contributed by atoms with E-state index in [1.807, 2.05) is 12.2 Å². The summed E-state index contributed by atoms with van der Waals surface area (Å²) in [5, 5.41) is 10.6. The van der Waals surface area contributed by atoms with Gasteiger partial charge >= 0.3 is 6.18 Å². The fraction of sp³-hybridized carbons (Fsp3) is 0.889. The Morgan fingerprint density at radius 1 is 1.50 bits per heavy atom. The fourth-order valence-corrected chi connectivity index (χ4v) is 0.943. The summed E-state index contributed by atoms with van der Waals surface area (Å²) >= 11 is 0. The summed E-state index contributed by atoms with van der Waals surface area (Å²) in [6, 6.07) is -0.856. The van der Waals surface area contributed by atoms with Crippen LogP contribution in [0.4, 0.5) is 13.2 Å². The highest BCUT2D eigenvalue weighted by Gasteiger charge is 2.38. The monoisotopic (exact) mass is 242 g/mol. The van der Waals surface area contributed by atoms with Crippen LogP contribution in [0.1, 0.15) is 20.3 Å². The van der Waals surface area contributed by atoms with Crippen molar-refractivity contribution in [2.45, 2.75) is 38.6 Å². The van der Waals surface area contributed by atoms with Crippen molar-refractivity contribution >= 4 is 5.91 Å². The predicted octanol–water partition coefficient (Wildman–Crippen LogP) is 0.399. The minimum absolute atomic E-state index is 0.122. The molecule has 3 atom stereocenters. The van der Waals surface area contributed by atoms with Gasteiger partial charge < -0.3 is 16.2 Å². The van der Waals surface area contributed by atoms with Crippen molar-refractivity contribution in [2.75, 3.05) is 6.54 Å². The predicted molar refractivity (Wildman–Crippen MR) is 52.5 cm³/mol. The number of hydrogen-bond donors (Lipinski definition) is 3. The molecule has 7 heteroatoms. The van der Waals surface area contributed by atoms with E-state index in [-0.39, 0.29) is 5.92 Å². The quantitative estimate of drug-likeness (QED) is 0.653. The summed E-state index contributed by atoms with van der Waals surface area (Å²) < 4.78 is 35.7. The fourth-order valence-electron chi connectivity index (χ4n) is 0.943. The van der Waals surface area contributed by atoms with E-state index >= 15 is 0 Å². The van der Waals surface area contributed by atoms with E-state index in [1.54, 1.807) is 6.92 Å². The Balaban J connectivity index is 4.08. The maximum atomic E-state index is 11.9. The van der Waals surface area contributed by atoms with Crippen LogP contribution in [0.5, 0.6) is 0 Å². The highest BCUT2D eigenvalue weighted by Crippen LogP contribution is 2.19. The van der Waals surface area contributed by atoms with Crippen LogP contribution >= 0.6 is 0 Å². The molecule has 96 valence electrons. The van der Waals surface area contributed by atoms with Gasteiger partial charge in [0.1, 0.15) is 0 Å². The average molecular weight is 242 g/mol. The molecule has 0 heterocycles. The lowest BCUT2D eigenvalue weighted by atomic mass is 9.99. The van der Waals surface area contributed by atoms with E-state index in [1.165, 1.54) is 0 Å². The lowest BCUT2D eigenvalue weighted by molar-refractivity contribution is -0.201. The molecule has 0 radical (unpaired) electrons. The molecule has 0 aliphatic rings. The molecule has 16 heavy (non-hydrogen) atoms. The standard InChI is InChI=1S/C9H17F3N2O2/c1-3-5(2)7(13)8(16)14-4-6(15)9(10,11)12/h5-7,15H,3-4,13H2,1-2H3,(H,14,16). The van der Waals surface area contributed by atoms with Crippen LogP contribution in [0.2, 0.25) is 0 Å². The lowest BCUT2D eigenvalue weighted by Gasteiger charge is -2.20. The number of nitrogens with one attached hydrogen (secondary N) is 1. The van der Waals surface area contributed by atoms with Gasteiger partial charge in [-0.15, -0.1) is 0 Å². The van der Waals surface area contributed by atoms with E-state index in [0.29, 0.717) is 6.42 Å². The summed E-state index contributed by atoms with van der Waals surface area (Å²) in [6.07, 6.45) is -6.63. The molecule has 0 saturated carbocycles. The van der Waals surface area contributed by atoms with E-state index in [0.717, 1.165) is 0 Å². The first-order chi connectivity index (χ1) is 7.20. The smallest absolute Gasteiger partial charge is 0.382 e. The zero-order valence-corrected chi connectivity index (χ0v) is 9.21. The Morgan fingerprint density at radius 2 is 2.00 bits per heavy atom. The second-order valence-electron chi connectivity index (χ2n) is 3.71. The molecule has 3 unspecified atom stereocenters. The van der Waals surface area contributed by atoms with Crippen molar-refractivity contribution in [3.05, 3.63) is 0 Å². The van der Waals surface area contributed by atoms with Crippen LogP contribution in [-0.2, 0) is 4.79 Å². The van der Waals surface area contributed by atoms with Gasteiger partial charge in [0.05, 0.1) is 12.6 Å². The van der Waals surface area contributed by atoms with Crippen LogP contribution in [0.3, 0.4) is 0 Å². The van der Waals surface area contributed by atoms with Crippen molar-refractivity contribution in [3.63, 3.8) is 0 Å². The summed E-state index contributed by atoms with van der Waals surface area (Å²) in [6.45, 7) is 2.68. The molecule has 0 aliphatic heterocycles. The molecule has 4 N–H and O–H groups in total. The summed E-state index contributed by atoms with van der Waals surface area (Å²) in [5.41, 5.74) is 5.49. The Hall–Kier alpha value is -0.820. The Bertz CT molecular complexity index is 233. The zero-order chi connectivity index (χ0) is 12.9. The number of halogens is 3. The molecule has 0 spiro atoms. The highest BCUT2D eigenvalue weighted by molar-refractivity contribution is 5.81. The molecule has 0 aliphatic carbocycles. The molecule has 0 aromatic heterocycles. The van der Waals surface area contributed by atoms with E-state index in [2.05, 4.69) is 0 Å². The second-order valence-corrected chi connectivity index (χ2v) is 3.71. The molecule has 0 fully saturated rings. The molecule has 4 nitrogen and oxygen atoms in total. The van der Waals surface area contributed by atoms with Gasteiger partial charge in [-0.3, -0.25) is 4.79 Å². The minimum atomic E-state index is -4.73. The van der Waals surface area contributed by atoms with Crippen molar-refractivity contribution in [2.24, 2.45) is 11.7 Å².